The van der Waals surface area contributed by atoms with Crippen molar-refractivity contribution in [3.8, 4) is 0 Å². The maximum atomic E-state index is 7.03. The number of rotatable bonds is 3. The number of aryl methyl sites for hydroxylation is 1. The van der Waals surface area contributed by atoms with Crippen LogP contribution in [0.1, 0.15) is 19.0 Å². The first-order chi connectivity index (χ1) is 4.88. The quantitative estimate of drug-likeness (QED) is 0.615. The van der Waals surface area contributed by atoms with Crippen LogP contribution in [0.25, 0.3) is 0 Å². The van der Waals surface area contributed by atoms with Gasteiger partial charge in [0.25, 0.3) is 0 Å². The van der Waals surface area contributed by atoms with Crippen LogP contribution in [0.2, 0.25) is 0 Å². The van der Waals surface area contributed by atoms with Crippen LogP contribution in [0, 0.1) is 5.41 Å². The third kappa shape index (κ3) is 1.26. The molecule has 0 saturated carbocycles. The first-order valence-corrected chi connectivity index (χ1v) is 3.54. The standard InChI is InChI=1S/C8H12N2/c1-2-5-10-6-3-4-8(10)7-9/h3-4,6-7,9H,2,5H2,1H3. The van der Waals surface area contributed by atoms with E-state index < -0.39 is 0 Å². The molecule has 0 aliphatic rings. The lowest BCUT2D eigenvalue weighted by molar-refractivity contribution is 0.679. The molecule has 0 bridgehead atoms. The van der Waals surface area contributed by atoms with Gasteiger partial charge in [0.15, 0.2) is 0 Å². The lowest BCUT2D eigenvalue weighted by Gasteiger charge is -2.01. The second kappa shape index (κ2) is 3.20. The number of nitrogens with one attached hydrogen (secondary N) is 1. The molecule has 0 atom stereocenters. The molecule has 0 radical (unpaired) electrons. The Morgan fingerprint density at radius 3 is 3.10 bits per heavy atom. The first kappa shape index (κ1) is 7.06. The van der Waals surface area contributed by atoms with E-state index in [4.69, 9.17) is 5.41 Å². The van der Waals surface area contributed by atoms with E-state index in [1.165, 1.54) is 6.21 Å². The van der Waals surface area contributed by atoms with Crippen molar-refractivity contribution < 1.29 is 0 Å². The average molecular weight is 136 g/mol. The maximum absolute atomic E-state index is 7.03. The predicted octanol–water partition coefficient (Wildman–Crippen LogP) is 1.90. The predicted molar refractivity (Wildman–Crippen MR) is 42.6 cm³/mol. The van der Waals surface area contributed by atoms with Gasteiger partial charge in [0.1, 0.15) is 0 Å². The monoisotopic (exact) mass is 136 g/mol. The molecule has 54 valence electrons. The van der Waals surface area contributed by atoms with Crippen molar-refractivity contribution in [1.29, 1.82) is 5.41 Å². The fraction of sp³-hybridized carbons (Fsp3) is 0.375. The minimum absolute atomic E-state index is 0.988. The van der Waals surface area contributed by atoms with Crippen molar-refractivity contribution >= 4 is 6.21 Å². The molecule has 1 N–H and O–H groups in total. The van der Waals surface area contributed by atoms with E-state index in [1.54, 1.807) is 0 Å². The summed E-state index contributed by atoms with van der Waals surface area (Å²) in [4.78, 5) is 0. The molecule has 10 heavy (non-hydrogen) atoms. The van der Waals surface area contributed by atoms with E-state index in [9.17, 15) is 0 Å². The number of hydrogen-bond donors (Lipinski definition) is 1. The van der Waals surface area contributed by atoms with E-state index in [2.05, 4.69) is 11.5 Å². The summed E-state index contributed by atoms with van der Waals surface area (Å²) in [5.41, 5.74) is 0.988. The Bertz CT molecular complexity index is 213. The summed E-state index contributed by atoms with van der Waals surface area (Å²) < 4.78 is 2.08. The first-order valence-electron chi connectivity index (χ1n) is 3.54. The van der Waals surface area contributed by atoms with E-state index in [1.807, 2.05) is 18.3 Å². The molecule has 2 heteroatoms. The topological polar surface area (TPSA) is 28.8 Å². The Balaban J connectivity index is 2.79. The Hall–Kier alpha value is -1.05. The zero-order valence-electron chi connectivity index (χ0n) is 6.17. The van der Waals surface area contributed by atoms with E-state index in [0.29, 0.717) is 0 Å². The highest BCUT2D eigenvalue weighted by molar-refractivity contribution is 5.74. The molecule has 0 saturated heterocycles. The zero-order valence-corrected chi connectivity index (χ0v) is 6.17. The smallest absolute Gasteiger partial charge is 0.0585 e. The molecule has 0 unspecified atom stereocenters. The summed E-state index contributed by atoms with van der Waals surface area (Å²) in [5, 5.41) is 7.03. The molecule has 2 nitrogen and oxygen atoms in total. The van der Waals surface area contributed by atoms with Gasteiger partial charge in [0, 0.05) is 19.0 Å². The molecular formula is C8H12N2. The molecule has 0 aliphatic heterocycles. The van der Waals surface area contributed by atoms with Crippen molar-refractivity contribution in [2.45, 2.75) is 19.9 Å². The van der Waals surface area contributed by atoms with Crippen LogP contribution in [-0.2, 0) is 6.54 Å². The molecule has 1 heterocycles. The van der Waals surface area contributed by atoms with Gasteiger partial charge in [-0.3, -0.25) is 0 Å². The van der Waals surface area contributed by atoms with Crippen molar-refractivity contribution in [2.75, 3.05) is 0 Å². The normalized spacial score (nSPS) is 9.70. The van der Waals surface area contributed by atoms with Gasteiger partial charge in [-0.1, -0.05) is 6.92 Å². The zero-order chi connectivity index (χ0) is 7.40. The van der Waals surface area contributed by atoms with Gasteiger partial charge in [-0.25, -0.2) is 0 Å². The lowest BCUT2D eigenvalue weighted by Crippen LogP contribution is -1.98. The summed E-state index contributed by atoms with van der Waals surface area (Å²) in [6.07, 6.45) is 4.51. The van der Waals surface area contributed by atoms with Crippen LogP contribution in [0.4, 0.5) is 0 Å². The second-order valence-electron chi connectivity index (χ2n) is 2.27. The van der Waals surface area contributed by atoms with Gasteiger partial charge in [-0.05, 0) is 18.6 Å². The highest BCUT2D eigenvalue weighted by Gasteiger charge is 1.93. The van der Waals surface area contributed by atoms with Gasteiger partial charge in [-0.2, -0.15) is 0 Å². The maximum Gasteiger partial charge on any atom is 0.0585 e. The fourth-order valence-corrected chi connectivity index (χ4v) is 1.00. The molecule has 1 rings (SSSR count). The summed E-state index contributed by atoms with van der Waals surface area (Å²) in [5.74, 6) is 0. The van der Waals surface area contributed by atoms with Gasteiger partial charge >= 0.3 is 0 Å². The largest absolute Gasteiger partial charge is 0.347 e. The van der Waals surface area contributed by atoms with Crippen molar-refractivity contribution in [1.82, 2.24) is 4.57 Å². The molecule has 0 aliphatic carbocycles. The molecule has 0 aromatic carbocycles. The van der Waals surface area contributed by atoms with Crippen LogP contribution in [-0.4, -0.2) is 10.8 Å². The molecule has 1 aromatic rings. The van der Waals surface area contributed by atoms with Crippen LogP contribution in [0.15, 0.2) is 18.3 Å². The van der Waals surface area contributed by atoms with Crippen molar-refractivity contribution in [3.05, 3.63) is 24.0 Å². The van der Waals surface area contributed by atoms with E-state index >= 15 is 0 Å². The summed E-state index contributed by atoms with van der Waals surface area (Å²) in [6.45, 7) is 3.14. The van der Waals surface area contributed by atoms with Gasteiger partial charge < -0.3 is 9.98 Å². The number of aromatic nitrogens is 1. The summed E-state index contributed by atoms with van der Waals surface area (Å²) in [7, 11) is 0. The van der Waals surface area contributed by atoms with Gasteiger partial charge in [-0.15, -0.1) is 0 Å². The lowest BCUT2D eigenvalue weighted by atomic mass is 10.4. The van der Waals surface area contributed by atoms with Crippen molar-refractivity contribution in [3.63, 3.8) is 0 Å². The Labute approximate surface area is 61.0 Å². The van der Waals surface area contributed by atoms with Gasteiger partial charge in [0.2, 0.25) is 0 Å². The van der Waals surface area contributed by atoms with E-state index in [0.717, 1.165) is 18.7 Å². The van der Waals surface area contributed by atoms with Crippen LogP contribution < -0.4 is 0 Å². The second-order valence-corrected chi connectivity index (χ2v) is 2.27. The Morgan fingerprint density at radius 2 is 2.50 bits per heavy atom. The molecule has 0 spiro atoms. The third-order valence-electron chi connectivity index (χ3n) is 1.48. The van der Waals surface area contributed by atoms with Crippen LogP contribution >= 0.6 is 0 Å². The SMILES string of the molecule is CCCn1cccc1C=N. The minimum atomic E-state index is 0.988. The summed E-state index contributed by atoms with van der Waals surface area (Å²) in [6, 6.07) is 3.92. The average Bonchev–Trinajstić information content (AvgIpc) is 2.36. The van der Waals surface area contributed by atoms with Crippen LogP contribution in [0.5, 0.6) is 0 Å². The number of hydrogen-bond acceptors (Lipinski definition) is 1. The highest BCUT2D eigenvalue weighted by atomic mass is 15.0. The van der Waals surface area contributed by atoms with E-state index in [-0.39, 0.29) is 0 Å². The highest BCUT2D eigenvalue weighted by Crippen LogP contribution is 1.99. The number of nitrogens with zero attached hydrogens (tertiary/aromatic N) is 1. The molecule has 0 fully saturated rings. The van der Waals surface area contributed by atoms with Gasteiger partial charge in [0.05, 0.1) is 5.69 Å². The molecule has 0 amide bonds. The molecule has 1 aromatic heterocycles. The third-order valence-corrected chi connectivity index (χ3v) is 1.48. The van der Waals surface area contributed by atoms with Crippen molar-refractivity contribution in [2.24, 2.45) is 0 Å². The Morgan fingerprint density at radius 1 is 1.70 bits per heavy atom. The molecular weight excluding hydrogens is 124 g/mol. The summed E-state index contributed by atoms with van der Waals surface area (Å²) >= 11 is 0. The fourth-order valence-electron chi connectivity index (χ4n) is 1.00. The van der Waals surface area contributed by atoms with Crippen LogP contribution in [0.3, 0.4) is 0 Å². The minimum Gasteiger partial charge on any atom is -0.347 e. The Kier molecular flexibility index (Phi) is 2.26.